The van der Waals surface area contributed by atoms with E-state index in [0.29, 0.717) is 66.1 Å². The van der Waals surface area contributed by atoms with E-state index in [2.05, 4.69) is 20.8 Å². The molecular formula is C23H25ClN6O5. The smallest absolute Gasteiger partial charge is 0.251 e. The molecule has 2 aromatic heterocycles. The van der Waals surface area contributed by atoms with Crippen molar-refractivity contribution in [3.63, 3.8) is 0 Å². The molecule has 1 N–H and O–H groups in total. The summed E-state index contributed by atoms with van der Waals surface area (Å²) < 4.78 is 18.8. The molecule has 184 valence electrons. The average molecular weight is 501 g/mol. The van der Waals surface area contributed by atoms with Crippen LogP contribution >= 0.6 is 11.6 Å². The van der Waals surface area contributed by atoms with E-state index >= 15 is 0 Å². The van der Waals surface area contributed by atoms with Gasteiger partial charge in [0, 0.05) is 37.7 Å². The fraction of sp³-hybridized carbons (Fsp3) is 0.435. The minimum atomic E-state index is -0.430. The molecular weight excluding hydrogens is 476 g/mol. The van der Waals surface area contributed by atoms with Crippen LogP contribution in [0.2, 0.25) is 5.02 Å². The molecule has 4 heterocycles. The first-order valence-electron chi connectivity index (χ1n) is 11.4. The molecule has 1 fully saturated rings. The number of benzene rings is 1. The lowest BCUT2D eigenvalue weighted by molar-refractivity contribution is -0.130. The number of hydrogen-bond donors (Lipinski definition) is 1. The molecule has 0 saturated carbocycles. The van der Waals surface area contributed by atoms with Crippen molar-refractivity contribution in [2.24, 2.45) is 0 Å². The van der Waals surface area contributed by atoms with Crippen LogP contribution in [0.15, 0.2) is 35.0 Å². The van der Waals surface area contributed by atoms with Gasteiger partial charge >= 0.3 is 0 Å². The first-order chi connectivity index (χ1) is 16.9. The summed E-state index contributed by atoms with van der Waals surface area (Å²) in [6, 6.07) is 6.21. The number of carbonyl (C=O) groups is 2. The molecule has 0 radical (unpaired) electrons. The van der Waals surface area contributed by atoms with Gasteiger partial charge in [0.2, 0.25) is 5.91 Å². The van der Waals surface area contributed by atoms with Crippen LogP contribution in [-0.4, -0.2) is 68.7 Å². The van der Waals surface area contributed by atoms with Crippen molar-refractivity contribution in [3.05, 3.63) is 58.2 Å². The Balaban J connectivity index is 1.36. The molecule has 5 rings (SSSR count). The Kier molecular flexibility index (Phi) is 6.69. The van der Waals surface area contributed by atoms with Gasteiger partial charge in [-0.25, -0.2) is 0 Å². The van der Waals surface area contributed by atoms with Gasteiger partial charge in [-0.2, -0.15) is 0 Å². The largest absolute Gasteiger partial charge is 0.492 e. The van der Waals surface area contributed by atoms with Crippen LogP contribution in [0.3, 0.4) is 0 Å². The number of aromatic nitrogens is 4. The molecule has 0 aliphatic carbocycles. The van der Waals surface area contributed by atoms with E-state index in [1.807, 2.05) is 6.20 Å². The number of likely N-dealkylation sites (tertiary alicyclic amines) is 1. The normalized spacial score (nSPS) is 20.7. The first-order valence-corrected chi connectivity index (χ1v) is 11.8. The van der Waals surface area contributed by atoms with Crippen molar-refractivity contribution in [3.8, 4) is 5.75 Å². The monoisotopic (exact) mass is 500 g/mol. The highest BCUT2D eigenvalue weighted by Gasteiger charge is 2.37. The molecule has 12 heteroatoms. The molecule has 2 aliphatic heterocycles. The molecule has 3 aromatic rings. The van der Waals surface area contributed by atoms with E-state index in [4.69, 9.17) is 25.6 Å². The maximum absolute atomic E-state index is 13.1. The fourth-order valence-electron chi connectivity index (χ4n) is 4.17. The third-order valence-electron chi connectivity index (χ3n) is 5.95. The number of fused-ring (bicyclic) bond motifs is 5. The van der Waals surface area contributed by atoms with Crippen molar-refractivity contribution in [1.82, 2.24) is 30.4 Å². The van der Waals surface area contributed by atoms with Gasteiger partial charge in [0.1, 0.15) is 17.2 Å². The quantitative estimate of drug-likeness (QED) is 0.564. The number of rotatable bonds is 2. The lowest BCUT2D eigenvalue weighted by Gasteiger charge is -2.20. The Bertz CT molecular complexity index is 1230. The van der Waals surface area contributed by atoms with Gasteiger partial charge in [0.15, 0.2) is 0 Å². The molecule has 2 amide bonds. The van der Waals surface area contributed by atoms with Gasteiger partial charge in [-0.15, -0.1) is 5.10 Å². The van der Waals surface area contributed by atoms with Crippen LogP contribution in [0, 0.1) is 6.92 Å². The van der Waals surface area contributed by atoms with E-state index < -0.39 is 12.1 Å². The number of halogens is 1. The second kappa shape index (κ2) is 10.0. The van der Waals surface area contributed by atoms with Crippen molar-refractivity contribution in [2.75, 3.05) is 19.7 Å². The minimum absolute atomic E-state index is 0.0838. The number of aryl methyl sites for hydroxylation is 2. The topological polar surface area (TPSA) is 125 Å². The van der Waals surface area contributed by atoms with Crippen LogP contribution in [0.25, 0.3) is 0 Å². The number of hydrogen-bond acceptors (Lipinski definition) is 8. The molecule has 2 aliphatic rings. The summed E-state index contributed by atoms with van der Waals surface area (Å²) in [5, 5.41) is 15.6. The maximum Gasteiger partial charge on any atom is 0.251 e. The highest BCUT2D eigenvalue weighted by Crippen LogP contribution is 2.26. The SMILES string of the molecule is Cc1cc(CC(=O)N2C[C@@H]3NC(=O)c4ccc(Cl)c(c4)OCCCn4cc(nn4)CO[C@H]3C2)on1. The van der Waals surface area contributed by atoms with E-state index in [0.717, 1.165) is 0 Å². The van der Waals surface area contributed by atoms with Crippen LogP contribution < -0.4 is 10.1 Å². The molecule has 1 aromatic carbocycles. The third-order valence-corrected chi connectivity index (χ3v) is 6.26. The number of nitrogens with one attached hydrogen (secondary N) is 1. The summed E-state index contributed by atoms with van der Waals surface area (Å²) in [6.07, 6.45) is 2.15. The van der Waals surface area contributed by atoms with E-state index in [-0.39, 0.29) is 24.8 Å². The molecule has 35 heavy (non-hydrogen) atoms. The summed E-state index contributed by atoms with van der Waals surface area (Å²) in [6.45, 7) is 3.64. The molecule has 0 spiro atoms. The summed E-state index contributed by atoms with van der Waals surface area (Å²) in [4.78, 5) is 27.7. The molecule has 1 saturated heterocycles. The van der Waals surface area contributed by atoms with Crippen LogP contribution in [0.5, 0.6) is 5.75 Å². The molecule has 11 nitrogen and oxygen atoms in total. The van der Waals surface area contributed by atoms with Crippen LogP contribution in [0.1, 0.15) is 33.9 Å². The summed E-state index contributed by atoms with van der Waals surface area (Å²) in [5.41, 5.74) is 1.79. The van der Waals surface area contributed by atoms with Gasteiger partial charge in [0.25, 0.3) is 5.91 Å². The second-order valence-electron chi connectivity index (χ2n) is 8.66. The second-order valence-corrected chi connectivity index (χ2v) is 9.07. The van der Waals surface area contributed by atoms with Crippen LogP contribution in [-0.2, 0) is 29.1 Å². The predicted molar refractivity (Wildman–Crippen MR) is 123 cm³/mol. The summed E-state index contributed by atoms with van der Waals surface area (Å²) in [5.74, 6) is 0.492. The number of nitrogens with zero attached hydrogens (tertiary/aromatic N) is 5. The summed E-state index contributed by atoms with van der Waals surface area (Å²) >= 11 is 6.26. The highest BCUT2D eigenvalue weighted by atomic mass is 35.5. The van der Waals surface area contributed by atoms with Gasteiger partial charge in [0.05, 0.1) is 48.7 Å². The van der Waals surface area contributed by atoms with Crippen LogP contribution in [0.4, 0.5) is 0 Å². The predicted octanol–water partition coefficient (Wildman–Crippen LogP) is 1.78. The van der Waals surface area contributed by atoms with Gasteiger partial charge in [-0.1, -0.05) is 22.0 Å². The number of ether oxygens (including phenoxy) is 2. The Morgan fingerprint density at radius 3 is 3.00 bits per heavy atom. The standard InChI is InChI=1S/C23H25ClN6O5/c1-14-7-17(35-27-14)9-22(31)29-11-19-21(12-29)34-13-16-10-30(28-26-16)5-2-6-33-20-8-15(23(32)25-19)3-4-18(20)24/h3-4,7-8,10,19,21H,2,5-6,9,11-13H2,1H3,(H,25,32)/t19-,21-/m0/s1. The zero-order valence-corrected chi connectivity index (χ0v) is 19.9. The van der Waals surface area contributed by atoms with Crippen molar-refractivity contribution >= 4 is 23.4 Å². The Morgan fingerprint density at radius 1 is 1.29 bits per heavy atom. The maximum atomic E-state index is 13.1. The van der Waals surface area contributed by atoms with E-state index in [1.165, 1.54) is 0 Å². The molecule has 0 unspecified atom stereocenters. The Labute approximate surface area is 206 Å². The van der Waals surface area contributed by atoms with Crippen molar-refractivity contribution < 1.29 is 23.6 Å². The third kappa shape index (κ3) is 5.46. The van der Waals surface area contributed by atoms with Crippen molar-refractivity contribution in [1.29, 1.82) is 0 Å². The highest BCUT2D eigenvalue weighted by molar-refractivity contribution is 6.32. The van der Waals surface area contributed by atoms with E-state index in [9.17, 15) is 9.59 Å². The average Bonchev–Trinajstić information content (AvgIpc) is 3.56. The lowest BCUT2D eigenvalue weighted by Crippen LogP contribution is -2.44. The zero-order chi connectivity index (χ0) is 24.4. The Morgan fingerprint density at radius 2 is 2.17 bits per heavy atom. The number of carbonyl (C=O) groups excluding carboxylic acids is 2. The van der Waals surface area contributed by atoms with Gasteiger partial charge in [-0.05, 0) is 25.1 Å². The van der Waals surface area contributed by atoms with E-state index in [1.54, 1.807) is 40.8 Å². The van der Waals surface area contributed by atoms with Gasteiger partial charge < -0.3 is 24.2 Å². The molecule has 4 bridgehead atoms. The summed E-state index contributed by atoms with van der Waals surface area (Å²) in [7, 11) is 0. The van der Waals surface area contributed by atoms with Crippen molar-refractivity contribution in [2.45, 2.75) is 45.1 Å². The fourth-order valence-corrected chi connectivity index (χ4v) is 4.34. The molecule has 2 atom stereocenters. The number of amides is 2. The zero-order valence-electron chi connectivity index (χ0n) is 19.1. The first kappa shape index (κ1) is 23.3. The Hall–Kier alpha value is -3.44. The van der Waals surface area contributed by atoms with Gasteiger partial charge in [-0.3, -0.25) is 14.3 Å². The minimum Gasteiger partial charge on any atom is -0.492 e. The lowest BCUT2D eigenvalue weighted by atomic mass is 10.1.